The molecule has 14 heavy (non-hydrogen) atoms. The number of nitrogen functional groups attached to an aromatic ring is 1. The van der Waals surface area contributed by atoms with Gasteiger partial charge in [0.15, 0.2) is 0 Å². The average molecular weight is 216 g/mol. The minimum absolute atomic E-state index is 0.0162. The summed E-state index contributed by atoms with van der Waals surface area (Å²) < 4.78 is 26.5. The van der Waals surface area contributed by atoms with Gasteiger partial charge in [-0.2, -0.15) is 0 Å². The highest BCUT2D eigenvalue weighted by atomic mass is 32.2. The van der Waals surface area contributed by atoms with Gasteiger partial charge in [0.1, 0.15) is 17.5 Å². The smallest absolute Gasteiger partial charge is 0.140 e. The minimum Gasteiger partial charge on any atom is -0.384 e. The molecule has 0 aliphatic rings. The molecule has 0 atom stereocenters. The fourth-order valence-corrected chi connectivity index (χ4v) is 1.68. The number of rotatable bonds is 3. The van der Waals surface area contributed by atoms with Crippen LogP contribution in [0.4, 0.5) is 8.78 Å². The summed E-state index contributed by atoms with van der Waals surface area (Å²) in [4.78, 5) is -0.0162. The standard InChI is InChI=1S/C9H10F2N2S/c1-2-14-8-6(10)3-5(9(12)13)4-7(8)11/h3-4H,2H2,1H3,(H3,12,13). The zero-order valence-electron chi connectivity index (χ0n) is 7.60. The van der Waals surface area contributed by atoms with Gasteiger partial charge in [-0.3, -0.25) is 5.41 Å². The lowest BCUT2D eigenvalue weighted by atomic mass is 10.2. The third-order valence-electron chi connectivity index (χ3n) is 1.60. The lowest BCUT2D eigenvalue weighted by molar-refractivity contribution is 0.540. The summed E-state index contributed by atoms with van der Waals surface area (Å²) in [6, 6.07) is 2.15. The van der Waals surface area contributed by atoms with Gasteiger partial charge in [-0.25, -0.2) is 8.78 Å². The van der Waals surface area contributed by atoms with Gasteiger partial charge in [0.25, 0.3) is 0 Å². The maximum absolute atomic E-state index is 13.2. The van der Waals surface area contributed by atoms with Crippen LogP contribution >= 0.6 is 11.8 Å². The number of benzene rings is 1. The number of nitrogens with two attached hydrogens (primary N) is 1. The molecule has 0 radical (unpaired) electrons. The van der Waals surface area contributed by atoms with Crippen molar-refractivity contribution in [3.05, 3.63) is 29.3 Å². The SMILES string of the molecule is CCSc1c(F)cc(C(=N)N)cc1F. The molecule has 5 heteroatoms. The van der Waals surface area contributed by atoms with Crippen LogP contribution in [0, 0.1) is 17.0 Å². The van der Waals surface area contributed by atoms with E-state index in [2.05, 4.69) is 0 Å². The Morgan fingerprint density at radius 1 is 1.43 bits per heavy atom. The fourth-order valence-electron chi connectivity index (χ4n) is 0.998. The van der Waals surface area contributed by atoms with Crippen LogP contribution in [0.3, 0.4) is 0 Å². The van der Waals surface area contributed by atoms with E-state index in [9.17, 15) is 8.78 Å². The second-order valence-corrected chi connectivity index (χ2v) is 3.89. The molecule has 0 bridgehead atoms. The van der Waals surface area contributed by atoms with E-state index < -0.39 is 11.6 Å². The number of hydrogen-bond donors (Lipinski definition) is 2. The van der Waals surface area contributed by atoms with E-state index in [0.29, 0.717) is 5.75 Å². The monoisotopic (exact) mass is 216 g/mol. The van der Waals surface area contributed by atoms with Crippen LogP contribution in [0.2, 0.25) is 0 Å². The van der Waals surface area contributed by atoms with E-state index in [-0.39, 0.29) is 16.3 Å². The predicted molar refractivity (Wildman–Crippen MR) is 53.8 cm³/mol. The molecule has 0 unspecified atom stereocenters. The summed E-state index contributed by atoms with van der Waals surface area (Å²) in [5.74, 6) is -1.08. The first-order valence-corrected chi connectivity index (χ1v) is 5.01. The average Bonchev–Trinajstić information content (AvgIpc) is 2.10. The van der Waals surface area contributed by atoms with Crippen LogP contribution in [-0.2, 0) is 0 Å². The first-order chi connectivity index (χ1) is 6.56. The molecule has 0 aliphatic heterocycles. The second-order valence-electron chi connectivity index (χ2n) is 2.62. The molecule has 0 saturated heterocycles. The predicted octanol–water partition coefficient (Wildman–Crippen LogP) is 2.36. The molecule has 0 spiro atoms. The Bertz CT molecular complexity index is 343. The highest BCUT2D eigenvalue weighted by Crippen LogP contribution is 2.25. The maximum Gasteiger partial charge on any atom is 0.140 e. The summed E-state index contributed by atoms with van der Waals surface area (Å²) in [5.41, 5.74) is 5.19. The zero-order chi connectivity index (χ0) is 10.7. The van der Waals surface area contributed by atoms with Crippen LogP contribution in [-0.4, -0.2) is 11.6 Å². The first kappa shape index (κ1) is 11.0. The lowest BCUT2D eigenvalue weighted by Crippen LogP contribution is -2.12. The van der Waals surface area contributed by atoms with Crippen LogP contribution in [0.1, 0.15) is 12.5 Å². The highest BCUT2D eigenvalue weighted by molar-refractivity contribution is 7.99. The number of halogens is 2. The molecule has 1 aromatic carbocycles. The molecular weight excluding hydrogens is 206 g/mol. The molecule has 0 aromatic heterocycles. The topological polar surface area (TPSA) is 49.9 Å². The minimum atomic E-state index is -0.665. The van der Waals surface area contributed by atoms with Crippen molar-refractivity contribution in [2.75, 3.05) is 5.75 Å². The summed E-state index contributed by atoms with van der Waals surface area (Å²) >= 11 is 1.09. The van der Waals surface area contributed by atoms with Gasteiger partial charge in [-0.1, -0.05) is 6.92 Å². The second kappa shape index (κ2) is 4.41. The van der Waals surface area contributed by atoms with E-state index in [4.69, 9.17) is 11.1 Å². The number of thioether (sulfide) groups is 1. The fraction of sp³-hybridized carbons (Fsp3) is 0.222. The van der Waals surface area contributed by atoms with Gasteiger partial charge >= 0.3 is 0 Å². The van der Waals surface area contributed by atoms with Gasteiger partial charge in [0.05, 0.1) is 4.90 Å². The van der Waals surface area contributed by atoms with Crippen molar-refractivity contribution in [3.63, 3.8) is 0 Å². The quantitative estimate of drug-likeness (QED) is 0.463. The lowest BCUT2D eigenvalue weighted by Gasteiger charge is -2.05. The number of hydrogen-bond acceptors (Lipinski definition) is 2. The van der Waals surface area contributed by atoms with E-state index in [1.54, 1.807) is 0 Å². The van der Waals surface area contributed by atoms with E-state index in [0.717, 1.165) is 23.9 Å². The number of amidine groups is 1. The van der Waals surface area contributed by atoms with Crippen molar-refractivity contribution in [1.29, 1.82) is 5.41 Å². The molecule has 1 aromatic rings. The molecule has 0 fully saturated rings. The maximum atomic E-state index is 13.2. The molecule has 0 aliphatic carbocycles. The Labute approximate surface area is 85.0 Å². The molecule has 3 N–H and O–H groups in total. The molecule has 76 valence electrons. The Hall–Kier alpha value is -1.10. The van der Waals surface area contributed by atoms with Gasteiger partial charge in [-0.05, 0) is 17.9 Å². The van der Waals surface area contributed by atoms with E-state index in [1.165, 1.54) is 0 Å². The molecule has 0 heterocycles. The van der Waals surface area contributed by atoms with E-state index in [1.807, 2.05) is 6.92 Å². The van der Waals surface area contributed by atoms with Crippen molar-refractivity contribution >= 4 is 17.6 Å². The van der Waals surface area contributed by atoms with E-state index >= 15 is 0 Å². The van der Waals surface area contributed by atoms with Gasteiger partial charge in [0.2, 0.25) is 0 Å². The van der Waals surface area contributed by atoms with Crippen molar-refractivity contribution < 1.29 is 8.78 Å². The van der Waals surface area contributed by atoms with Crippen LogP contribution in [0.25, 0.3) is 0 Å². The van der Waals surface area contributed by atoms with Gasteiger partial charge < -0.3 is 5.73 Å². The molecule has 2 nitrogen and oxygen atoms in total. The number of nitrogens with one attached hydrogen (secondary N) is 1. The third-order valence-corrected chi connectivity index (χ3v) is 2.57. The van der Waals surface area contributed by atoms with Crippen molar-refractivity contribution in [2.45, 2.75) is 11.8 Å². The Kier molecular flexibility index (Phi) is 3.46. The van der Waals surface area contributed by atoms with Crippen molar-refractivity contribution in [3.8, 4) is 0 Å². The van der Waals surface area contributed by atoms with Crippen LogP contribution in [0.5, 0.6) is 0 Å². The molecular formula is C9H10F2N2S. The Balaban J connectivity index is 3.18. The zero-order valence-corrected chi connectivity index (χ0v) is 8.42. The molecule has 0 saturated carbocycles. The Morgan fingerprint density at radius 2 is 1.93 bits per heavy atom. The normalized spacial score (nSPS) is 10.2. The van der Waals surface area contributed by atoms with Crippen molar-refractivity contribution in [1.82, 2.24) is 0 Å². The summed E-state index contributed by atoms with van der Waals surface area (Å²) in [5, 5.41) is 7.04. The van der Waals surface area contributed by atoms with Gasteiger partial charge in [-0.15, -0.1) is 11.8 Å². The summed E-state index contributed by atoms with van der Waals surface area (Å²) in [6.07, 6.45) is 0. The van der Waals surface area contributed by atoms with Crippen LogP contribution in [0.15, 0.2) is 17.0 Å². The first-order valence-electron chi connectivity index (χ1n) is 4.02. The van der Waals surface area contributed by atoms with Crippen molar-refractivity contribution in [2.24, 2.45) is 5.73 Å². The third kappa shape index (κ3) is 2.23. The van der Waals surface area contributed by atoms with Gasteiger partial charge in [0, 0.05) is 5.56 Å². The molecule has 0 amide bonds. The van der Waals surface area contributed by atoms with Crippen LogP contribution < -0.4 is 5.73 Å². The highest BCUT2D eigenvalue weighted by Gasteiger charge is 2.11. The Morgan fingerprint density at radius 3 is 2.29 bits per heavy atom. The largest absolute Gasteiger partial charge is 0.384 e. The molecule has 1 rings (SSSR count). The summed E-state index contributed by atoms with van der Waals surface area (Å²) in [6.45, 7) is 1.81. The summed E-state index contributed by atoms with van der Waals surface area (Å²) in [7, 11) is 0.